The highest BCUT2D eigenvalue weighted by Gasteiger charge is 2.29. The van der Waals surface area contributed by atoms with Crippen molar-refractivity contribution >= 4 is 5.78 Å². The molecule has 0 radical (unpaired) electrons. The van der Waals surface area contributed by atoms with E-state index in [0.29, 0.717) is 18.1 Å². The van der Waals surface area contributed by atoms with Crippen LogP contribution in [0.25, 0.3) is 0 Å². The first-order valence-corrected chi connectivity index (χ1v) is 6.36. The quantitative estimate of drug-likeness (QED) is 0.796. The molecule has 0 aromatic heterocycles. The summed E-state index contributed by atoms with van der Waals surface area (Å²) >= 11 is 0. The first-order valence-electron chi connectivity index (χ1n) is 6.36. The van der Waals surface area contributed by atoms with Gasteiger partial charge in [-0.3, -0.25) is 4.79 Å². The van der Waals surface area contributed by atoms with Crippen LogP contribution < -0.4 is 4.74 Å². The van der Waals surface area contributed by atoms with Gasteiger partial charge < -0.3 is 4.74 Å². The van der Waals surface area contributed by atoms with E-state index in [1.165, 1.54) is 12.8 Å². The normalized spacial score (nSPS) is 23.6. The second-order valence-corrected chi connectivity index (χ2v) is 5.01. The summed E-state index contributed by atoms with van der Waals surface area (Å²) in [6.45, 7) is 2.20. The zero-order valence-electron chi connectivity index (χ0n) is 10.6. The molecule has 92 valence electrons. The minimum Gasteiger partial charge on any atom is -0.497 e. The highest BCUT2D eigenvalue weighted by Crippen LogP contribution is 2.32. The van der Waals surface area contributed by atoms with Gasteiger partial charge in [0.25, 0.3) is 0 Å². The minimum absolute atomic E-state index is 0.289. The van der Waals surface area contributed by atoms with Gasteiger partial charge in [0.1, 0.15) is 11.5 Å². The maximum atomic E-state index is 12.1. The number of ketones is 1. The maximum absolute atomic E-state index is 12.1. The zero-order chi connectivity index (χ0) is 12.3. The van der Waals surface area contributed by atoms with E-state index in [-0.39, 0.29) is 5.92 Å². The number of hydrogen-bond acceptors (Lipinski definition) is 2. The van der Waals surface area contributed by atoms with Crippen LogP contribution in [0.1, 0.15) is 31.7 Å². The van der Waals surface area contributed by atoms with Crippen LogP contribution >= 0.6 is 0 Å². The Balaban J connectivity index is 1.97. The van der Waals surface area contributed by atoms with E-state index in [1.54, 1.807) is 7.11 Å². The lowest BCUT2D eigenvalue weighted by atomic mass is 9.90. The maximum Gasteiger partial charge on any atom is 0.140 e. The molecule has 0 bridgehead atoms. The Morgan fingerprint density at radius 2 is 2.00 bits per heavy atom. The van der Waals surface area contributed by atoms with Crippen LogP contribution in [-0.2, 0) is 11.2 Å². The van der Waals surface area contributed by atoms with E-state index < -0.39 is 0 Å². The van der Waals surface area contributed by atoms with E-state index in [0.717, 1.165) is 17.7 Å². The summed E-state index contributed by atoms with van der Waals surface area (Å²) in [7, 11) is 1.65. The number of carbonyl (C=O) groups excluding carboxylic acids is 1. The Kier molecular flexibility index (Phi) is 3.82. The van der Waals surface area contributed by atoms with E-state index in [4.69, 9.17) is 4.74 Å². The standard InChI is InChI=1S/C15H20O2/c1-11-4-3-5-14(11)15(16)10-12-6-8-13(17-2)9-7-12/h6-9,11,14H,3-5,10H2,1-2H3. The number of benzene rings is 1. The molecule has 2 unspecified atom stereocenters. The van der Waals surface area contributed by atoms with Crippen molar-refractivity contribution in [3.63, 3.8) is 0 Å². The number of ether oxygens (including phenoxy) is 1. The van der Waals surface area contributed by atoms with Gasteiger partial charge in [0.05, 0.1) is 7.11 Å². The number of rotatable bonds is 4. The second kappa shape index (κ2) is 5.35. The second-order valence-electron chi connectivity index (χ2n) is 5.01. The fraction of sp³-hybridized carbons (Fsp3) is 0.533. The number of hydrogen-bond donors (Lipinski definition) is 0. The zero-order valence-corrected chi connectivity index (χ0v) is 10.6. The predicted octanol–water partition coefficient (Wildman–Crippen LogP) is 3.24. The van der Waals surface area contributed by atoms with Crippen molar-refractivity contribution in [2.75, 3.05) is 7.11 Å². The first-order chi connectivity index (χ1) is 8.20. The molecule has 1 aliphatic rings. The third-order valence-electron chi connectivity index (χ3n) is 3.81. The molecule has 17 heavy (non-hydrogen) atoms. The molecule has 0 spiro atoms. The minimum atomic E-state index is 0.289. The van der Waals surface area contributed by atoms with E-state index >= 15 is 0 Å². The Morgan fingerprint density at radius 3 is 2.53 bits per heavy atom. The average Bonchev–Trinajstić information content (AvgIpc) is 2.76. The van der Waals surface area contributed by atoms with Gasteiger partial charge in [-0.15, -0.1) is 0 Å². The molecule has 2 nitrogen and oxygen atoms in total. The van der Waals surface area contributed by atoms with Gasteiger partial charge in [0.2, 0.25) is 0 Å². The molecule has 2 atom stereocenters. The smallest absolute Gasteiger partial charge is 0.140 e. The highest BCUT2D eigenvalue weighted by molar-refractivity contribution is 5.83. The molecule has 1 aromatic rings. The van der Waals surface area contributed by atoms with Gasteiger partial charge in [-0.1, -0.05) is 25.5 Å². The van der Waals surface area contributed by atoms with Gasteiger partial charge >= 0.3 is 0 Å². The molecule has 0 heterocycles. The Labute approximate surface area is 103 Å². The summed E-state index contributed by atoms with van der Waals surface area (Å²) in [5.41, 5.74) is 1.09. The summed E-state index contributed by atoms with van der Waals surface area (Å²) in [5, 5.41) is 0. The van der Waals surface area contributed by atoms with Crippen LogP contribution in [0.3, 0.4) is 0 Å². The summed E-state index contributed by atoms with van der Waals surface area (Å²) < 4.78 is 5.11. The van der Waals surface area contributed by atoms with Crippen molar-refractivity contribution in [2.24, 2.45) is 11.8 Å². The van der Waals surface area contributed by atoms with Crippen molar-refractivity contribution in [3.05, 3.63) is 29.8 Å². The number of carbonyl (C=O) groups is 1. The average molecular weight is 232 g/mol. The Hall–Kier alpha value is -1.31. The molecular formula is C15H20O2. The van der Waals surface area contributed by atoms with Gasteiger partial charge in [-0.05, 0) is 36.5 Å². The third-order valence-corrected chi connectivity index (χ3v) is 3.81. The van der Waals surface area contributed by atoms with Crippen LogP contribution in [0.5, 0.6) is 5.75 Å². The lowest BCUT2D eigenvalue weighted by Crippen LogP contribution is -2.18. The molecule has 0 saturated heterocycles. The SMILES string of the molecule is COc1ccc(CC(=O)C2CCCC2C)cc1. The van der Waals surface area contributed by atoms with Crippen molar-refractivity contribution < 1.29 is 9.53 Å². The van der Waals surface area contributed by atoms with Crippen LogP contribution in [0.2, 0.25) is 0 Å². The Bertz CT molecular complexity index is 380. The van der Waals surface area contributed by atoms with Crippen molar-refractivity contribution in [2.45, 2.75) is 32.6 Å². The fourth-order valence-corrected chi connectivity index (χ4v) is 2.70. The molecule has 1 aromatic carbocycles. The molecule has 2 rings (SSSR count). The van der Waals surface area contributed by atoms with Crippen molar-refractivity contribution in [1.29, 1.82) is 0 Å². The van der Waals surface area contributed by atoms with Gasteiger partial charge in [-0.25, -0.2) is 0 Å². The van der Waals surface area contributed by atoms with E-state index in [1.807, 2.05) is 24.3 Å². The topological polar surface area (TPSA) is 26.3 Å². The fourth-order valence-electron chi connectivity index (χ4n) is 2.70. The summed E-state index contributed by atoms with van der Waals surface area (Å²) in [5.74, 6) is 2.11. The monoisotopic (exact) mass is 232 g/mol. The largest absolute Gasteiger partial charge is 0.497 e. The van der Waals surface area contributed by atoms with Crippen LogP contribution in [-0.4, -0.2) is 12.9 Å². The molecule has 1 saturated carbocycles. The highest BCUT2D eigenvalue weighted by atomic mass is 16.5. The summed E-state index contributed by atoms with van der Waals surface area (Å²) in [4.78, 5) is 12.1. The molecule has 0 N–H and O–H groups in total. The van der Waals surface area contributed by atoms with Gasteiger partial charge in [-0.2, -0.15) is 0 Å². The first kappa shape index (κ1) is 12.2. The molecule has 0 amide bonds. The molecule has 1 fully saturated rings. The van der Waals surface area contributed by atoms with Gasteiger partial charge in [0, 0.05) is 12.3 Å². The van der Waals surface area contributed by atoms with E-state index in [9.17, 15) is 4.79 Å². The van der Waals surface area contributed by atoms with Gasteiger partial charge in [0.15, 0.2) is 0 Å². The van der Waals surface area contributed by atoms with Crippen LogP contribution in [0.4, 0.5) is 0 Å². The lowest BCUT2D eigenvalue weighted by molar-refractivity contribution is -0.123. The Morgan fingerprint density at radius 1 is 1.29 bits per heavy atom. The lowest BCUT2D eigenvalue weighted by Gasteiger charge is -2.13. The van der Waals surface area contributed by atoms with Crippen molar-refractivity contribution in [1.82, 2.24) is 0 Å². The number of methoxy groups -OCH3 is 1. The summed E-state index contributed by atoms with van der Waals surface area (Å²) in [6.07, 6.45) is 4.06. The van der Waals surface area contributed by atoms with E-state index in [2.05, 4.69) is 6.92 Å². The van der Waals surface area contributed by atoms with Crippen molar-refractivity contribution in [3.8, 4) is 5.75 Å². The molecule has 1 aliphatic carbocycles. The summed E-state index contributed by atoms with van der Waals surface area (Å²) in [6, 6.07) is 7.80. The van der Waals surface area contributed by atoms with Crippen LogP contribution in [0, 0.1) is 11.8 Å². The predicted molar refractivity (Wildman–Crippen MR) is 68.2 cm³/mol. The molecular weight excluding hydrogens is 212 g/mol. The van der Waals surface area contributed by atoms with Crippen LogP contribution in [0.15, 0.2) is 24.3 Å². The third kappa shape index (κ3) is 2.87. The number of Topliss-reactive ketones (excluding diaryl/α,β-unsaturated/α-hetero) is 1. The molecule has 0 aliphatic heterocycles. The molecule has 2 heteroatoms.